The van der Waals surface area contributed by atoms with Crippen LogP contribution in [0.5, 0.6) is 0 Å². The minimum atomic E-state index is 0.0536. The van der Waals surface area contributed by atoms with Crippen molar-refractivity contribution in [3.63, 3.8) is 0 Å². The number of aromatic nitrogens is 3. The fraction of sp³-hybridized carbons (Fsp3) is 0.300. The van der Waals surface area contributed by atoms with Gasteiger partial charge in [0.15, 0.2) is 0 Å². The number of halogens is 2. The first-order chi connectivity index (χ1) is 13.0. The molecule has 0 fully saturated rings. The van der Waals surface area contributed by atoms with Gasteiger partial charge in [-0.15, -0.1) is 0 Å². The molecule has 0 radical (unpaired) electrons. The summed E-state index contributed by atoms with van der Waals surface area (Å²) in [7, 11) is 0. The Bertz CT molecular complexity index is 893. The zero-order valence-electron chi connectivity index (χ0n) is 15.2. The third-order valence-corrected chi connectivity index (χ3v) is 5.58. The lowest BCUT2D eigenvalue weighted by atomic mass is 10.1. The normalized spacial score (nSPS) is 11.3. The molecular weight excluding hydrogens is 401 g/mol. The van der Waals surface area contributed by atoms with Crippen LogP contribution in [0.1, 0.15) is 36.8 Å². The van der Waals surface area contributed by atoms with E-state index in [2.05, 4.69) is 23.4 Å². The number of hydrogen-bond acceptors (Lipinski definition) is 4. The van der Waals surface area contributed by atoms with E-state index in [1.165, 1.54) is 0 Å². The van der Waals surface area contributed by atoms with Crippen molar-refractivity contribution in [2.24, 2.45) is 0 Å². The highest BCUT2D eigenvalue weighted by Gasteiger charge is 2.21. The minimum absolute atomic E-state index is 0.0536. The fourth-order valence-electron chi connectivity index (χ4n) is 2.81. The van der Waals surface area contributed by atoms with Gasteiger partial charge in [0.2, 0.25) is 0 Å². The summed E-state index contributed by atoms with van der Waals surface area (Å²) < 4.78 is 2.17. The third kappa shape index (κ3) is 5.05. The van der Waals surface area contributed by atoms with Crippen LogP contribution in [0.15, 0.2) is 52.6 Å². The van der Waals surface area contributed by atoms with Gasteiger partial charge < -0.3 is 9.67 Å². The number of imidazole rings is 1. The molecule has 2 aromatic heterocycles. The van der Waals surface area contributed by atoms with Gasteiger partial charge >= 0.3 is 0 Å². The molecule has 0 amide bonds. The Morgan fingerprint density at radius 2 is 1.78 bits per heavy atom. The van der Waals surface area contributed by atoms with Crippen LogP contribution >= 0.6 is 35.0 Å². The molecule has 2 heterocycles. The fourth-order valence-corrected chi connectivity index (χ4v) is 4.73. The number of aliphatic hydroxyl groups excluding tert-OH is 1. The van der Waals surface area contributed by atoms with Crippen LogP contribution in [-0.4, -0.2) is 26.2 Å². The van der Waals surface area contributed by atoms with E-state index in [-0.39, 0.29) is 12.5 Å². The molecule has 0 saturated carbocycles. The van der Waals surface area contributed by atoms with E-state index in [0.717, 1.165) is 27.0 Å². The first-order valence-electron chi connectivity index (χ1n) is 8.71. The van der Waals surface area contributed by atoms with Crippen LogP contribution in [0.25, 0.3) is 0 Å². The maximum atomic E-state index is 9.51. The quantitative estimate of drug-likeness (QED) is 0.551. The van der Waals surface area contributed by atoms with E-state index < -0.39 is 0 Å². The van der Waals surface area contributed by atoms with Crippen molar-refractivity contribution < 1.29 is 5.11 Å². The molecular formula is C20H21Cl2N3OS. The van der Waals surface area contributed by atoms with Gasteiger partial charge in [0, 0.05) is 40.3 Å². The summed E-state index contributed by atoms with van der Waals surface area (Å²) in [5.41, 5.74) is 2.14. The van der Waals surface area contributed by atoms with Gasteiger partial charge in [0.1, 0.15) is 10.9 Å². The van der Waals surface area contributed by atoms with Crippen LogP contribution < -0.4 is 0 Å². The molecule has 0 aliphatic rings. The summed E-state index contributed by atoms with van der Waals surface area (Å²) in [5, 5.41) is 11.8. The van der Waals surface area contributed by atoms with Crippen molar-refractivity contribution in [2.75, 3.05) is 6.61 Å². The van der Waals surface area contributed by atoms with Crippen molar-refractivity contribution >= 4 is 35.0 Å². The second kappa shape index (κ2) is 9.11. The summed E-state index contributed by atoms with van der Waals surface area (Å²) >= 11 is 14.0. The highest BCUT2D eigenvalue weighted by atomic mass is 35.5. The van der Waals surface area contributed by atoms with Crippen molar-refractivity contribution in [1.29, 1.82) is 0 Å². The molecule has 0 atom stereocenters. The molecule has 3 rings (SSSR count). The Kier molecular flexibility index (Phi) is 6.82. The van der Waals surface area contributed by atoms with E-state index in [4.69, 9.17) is 28.2 Å². The smallest absolute Gasteiger partial charge is 0.112 e. The Morgan fingerprint density at radius 3 is 2.37 bits per heavy atom. The number of rotatable bonds is 7. The molecule has 4 nitrogen and oxygen atoms in total. The van der Waals surface area contributed by atoms with Gasteiger partial charge in [-0.25, -0.2) is 4.98 Å². The molecule has 1 N–H and O–H groups in total. The Morgan fingerprint density at radius 1 is 1.11 bits per heavy atom. The maximum absolute atomic E-state index is 9.51. The minimum Gasteiger partial charge on any atom is -0.396 e. The lowest BCUT2D eigenvalue weighted by Gasteiger charge is -2.13. The van der Waals surface area contributed by atoms with Crippen molar-refractivity contribution in [1.82, 2.24) is 14.5 Å². The predicted molar refractivity (Wildman–Crippen MR) is 111 cm³/mol. The first kappa shape index (κ1) is 20.2. The number of pyridine rings is 1. The van der Waals surface area contributed by atoms with Crippen LogP contribution in [0.3, 0.4) is 0 Å². The molecule has 1 aromatic carbocycles. The van der Waals surface area contributed by atoms with E-state index in [1.807, 2.05) is 24.3 Å². The van der Waals surface area contributed by atoms with Crippen LogP contribution in [0, 0.1) is 0 Å². The molecule has 0 saturated heterocycles. The van der Waals surface area contributed by atoms with Gasteiger partial charge in [0.05, 0.1) is 12.3 Å². The number of nitrogens with zero attached hydrogens (tertiary/aromatic N) is 3. The second-order valence-corrected chi connectivity index (χ2v) is 8.43. The molecule has 0 unspecified atom stereocenters. The molecule has 0 spiro atoms. The zero-order chi connectivity index (χ0) is 19.4. The highest BCUT2D eigenvalue weighted by Crippen LogP contribution is 2.37. The molecule has 0 bridgehead atoms. The molecule has 3 aromatic rings. The second-order valence-electron chi connectivity index (χ2n) is 6.50. The molecule has 27 heavy (non-hydrogen) atoms. The maximum Gasteiger partial charge on any atom is 0.112 e. The largest absolute Gasteiger partial charge is 0.396 e. The topological polar surface area (TPSA) is 50.9 Å². The van der Waals surface area contributed by atoms with E-state index >= 15 is 0 Å². The van der Waals surface area contributed by atoms with Gasteiger partial charge in [0.25, 0.3) is 0 Å². The van der Waals surface area contributed by atoms with Crippen LogP contribution in [-0.2, 0) is 13.0 Å². The number of benzene rings is 1. The standard InChI is InChI=1S/C20H21Cl2N3OS/c1-13(2)19-20(27-17-10-15(21)9-16(22)11-17)25(18(24-19)5-8-26)12-14-3-6-23-7-4-14/h3-4,6-7,9-11,13,26H,5,8,12H2,1-2H3. The van der Waals surface area contributed by atoms with Gasteiger partial charge in [-0.3, -0.25) is 4.98 Å². The van der Waals surface area contributed by atoms with Crippen molar-refractivity contribution in [3.8, 4) is 0 Å². The zero-order valence-corrected chi connectivity index (χ0v) is 17.5. The SMILES string of the molecule is CC(C)c1nc(CCO)n(Cc2ccncc2)c1Sc1cc(Cl)cc(Cl)c1. The average molecular weight is 422 g/mol. The summed E-state index contributed by atoms with van der Waals surface area (Å²) in [6.07, 6.45) is 4.07. The Balaban J connectivity index is 2.08. The van der Waals surface area contributed by atoms with Crippen molar-refractivity contribution in [3.05, 3.63) is 69.9 Å². The number of aliphatic hydroxyl groups is 1. The lowest BCUT2D eigenvalue weighted by molar-refractivity contribution is 0.294. The monoisotopic (exact) mass is 421 g/mol. The van der Waals surface area contributed by atoms with Gasteiger partial charge in [-0.05, 0) is 41.8 Å². The Hall–Kier alpha value is -1.53. The van der Waals surface area contributed by atoms with Crippen LogP contribution in [0.2, 0.25) is 10.0 Å². The van der Waals surface area contributed by atoms with E-state index in [9.17, 15) is 5.11 Å². The predicted octanol–water partition coefficient (Wildman–Crippen LogP) is 5.44. The van der Waals surface area contributed by atoms with Crippen LogP contribution in [0.4, 0.5) is 0 Å². The Labute approximate surface area is 173 Å². The third-order valence-electron chi connectivity index (χ3n) is 4.05. The summed E-state index contributed by atoms with van der Waals surface area (Å²) in [5.74, 6) is 1.12. The number of hydrogen-bond donors (Lipinski definition) is 1. The highest BCUT2D eigenvalue weighted by molar-refractivity contribution is 7.99. The van der Waals surface area contributed by atoms with Gasteiger partial charge in [-0.2, -0.15) is 0 Å². The lowest BCUT2D eigenvalue weighted by Crippen LogP contribution is -2.08. The molecule has 7 heteroatoms. The first-order valence-corrected chi connectivity index (χ1v) is 10.3. The summed E-state index contributed by atoms with van der Waals surface area (Å²) in [6, 6.07) is 9.50. The van der Waals surface area contributed by atoms with E-state index in [1.54, 1.807) is 30.2 Å². The van der Waals surface area contributed by atoms with Crippen molar-refractivity contribution in [2.45, 2.75) is 42.7 Å². The average Bonchev–Trinajstić information content (AvgIpc) is 2.93. The molecule has 142 valence electrons. The molecule has 0 aliphatic carbocycles. The summed E-state index contributed by atoms with van der Waals surface area (Å²) in [6.45, 7) is 4.96. The summed E-state index contributed by atoms with van der Waals surface area (Å²) in [4.78, 5) is 9.89. The van der Waals surface area contributed by atoms with E-state index in [0.29, 0.717) is 23.0 Å². The van der Waals surface area contributed by atoms with Gasteiger partial charge in [-0.1, -0.05) is 48.8 Å². The molecule has 0 aliphatic heterocycles.